The number of anilines is 2. The van der Waals surface area contributed by atoms with Crippen LogP contribution in [0.3, 0.4) is 0 Å². The number of benzene rings is 4. The smallest absolute Gasteiger partial charge is 0.272 e. The number of thioether (sulfide) groups is 1. The van der Waals surface area contributed by atoms with Crippen molar-refractivity contribution in [1.29, 1.82) is 0 Å². The largest absolute Gasteiger partial charge is 0.325 e. The molecular formula is C31H23Cl4N3O3S. The van der Waals surface area contributed by atoms with Crippen LogP contribution in [0.2, 0.25) is 20.1 Å². The van der Waals surface area contributed by atoms with E-state index in [4.69, 9.17) is 46.4 Å². The summed E-state index contributed by atoms with van der Waals surface area (Å²) in [6.45, 7) is 1.76. The molecule has 4 rings (SSSR count). The Balaban J connectivity index is 1.50. The van der Waals surface area contributed by atoms with Gasteiger partial charge in [0.05, 0.1) is 25.3 Å². The normalized spacial score (nSPS) is 11.9. The van der Waals surface area contributed by atoms with Gasteiger partial charge in [0.25, 0.3) is 11.8 Å². The minimum atomic E-state index is -0.581. The van der Waals surface area contributed by atoms with E-state index in [9.17, 15) is 14.4 Å². The fraction of sp³-hybridized carbons (Fsp3) is 0.0645. The van der Waals surface area contributed by atoms with Crippen molar-refractivity contribution in [1.82, 2.24) is 5.32 Å². The summed E-state index contributed by atoms with van der Waals surface area (Å²) in [6.07, 6.45) is 1.46. The first kappa shape index (κ1) is 31.5. The van der Waals surface area contributed by atoms with Crippen molar-refractivity contribution in [2.45, 2.75) is 17.1 Å². The molecule has 4 aromatic rings. The second kappa shape index (κ2) is 14.6. The number of rotatable bonds is 9. The Labute approximate surface area is 267 Å². The van der Waals surface area contributed by atoms with Crippen LogP contribution in [0, 0.1) is 0 Å². The van der Waals surface area contributed by atoms with Gasteiger partial charge in [-0.15, -0.1) is 11.8 Å². The third kappa shape index (κ3) is 8.53. The summed E-state index contributed by atoms with van der Waals surface area (Å²) in [5.41, 5.74) is 1.77. The Morgan fingerprint density at radius 2 is 1.45 bits per heavy atom. The standard InChI is InChI=1S/C31H23Cl4N3O3S/c1-18(29(39)36-22-13-14-24(32)26(34)17-22)42-23-11-6-10-21(16-23)37-31(41)27(15-20-9-5-12-25(33)28(20)35)38-30(40)19-7-3-2-4-8-19/h2-18H,1H3,(H,36,39)(H,37,41)(H,38,40)/b27-15+. The van der Waals surface area contributed by atoms with Crippen LogP contribution < -0.4 is 16.0 Å². The fourth-order valence-corrected chi connectivity index (χ4v) is 5.24. The highest BCUT2D eigenvalue weighted by Gasteiger charge is 2.18. The van der Waals surface area contributed by atoms with E-state index in [0.29, 0.717) is 37.6 Å². The highest BCUT2D eigenvalue weighted by molar-refractivity contribution is 8.00. The second-order valence-electron chi connectivity index (χ2n) is 8.88. The van der Waals surface area contributed by atoms with Crippen LogP contribution in [0.5, 0.6) is 0 Å². The Bertz CT molecular complexity index is 1660. The summed E-state index contributed by atoms with van der Waals surface area (Å²) >= 11 is 25.8. The second-order valence-corrected chi connectivity index (χ2v) is 11.9. The molecule has 11 heteroatoms. The first-order valence-corrected chi connectivity index (χ1v) is 14.9. The van der Waals surface area contributed by atoms with Crippen molar-refractivity contribution in [2.75, 3.05) is 10.6 Å². The zero-order valence-electron chi connectivity index (χ0n) is 22.0. The van der Waals surface area contributed by atoms with E-state index in [1.807, 2.05) is 6.07 Å². The van der Waals surface area contributed by atoms with Crippen LogP contribution in [-0.2, 0) is 9.59 Å². The van der Waals surface area contributed by atoms with Crippen LogP contribution in [0.1, 0.15) is 22.8 Å². The molecule has 0 aliphatic carbocycles. The van der Waals surface area contributed by atoms with Gasteiger partial charge < -0.3 is 16.0 Å². The van der Waals surface area contributed by atoms with Crippen LogP contribution >= 0.6 is 58.2 Å². The number of halogens is 4. The molecule has 1 unspecified atom stereocenters. The van der Waals surface area contributed by atoms with Crippen molar-refractivity contribution >= 4 is 93.3 Å². The monoisotopic (exact) mass is 657 g/mol. The molecule has 0 aliphatic heterocycles. The molecular weight excluding hydrogens is 636 g/mol. The lowest BCUT2D eigenvalue weighted by atomic mass is 10.1. The molecule has 0 saturated carbocycles. The summed E-state index contributed by atoms with van der Waals surface area (Å²) in [5.74, 6) is -1.29. The Morgan fingerprint density at radius 3 is 2.19 bits per heavy atom. The maximum Gasteiger partial charge on any atom is 0.272 e. The van der Waals surface area contributed by atoms with Gasteiger partial charge >= 0.3 is 0 Å². The summed E-state index contributed by atoms with van der Waals surface area (Å²) in [7, 11) is 0. The van der Waals surface area contributed by atoms with Gasteiger partial charge in [-0.2, -0.15) is 0 Å². The molecule has 3 amide bonds. The summed E-state index contributed by atoms with van der Waals surface area (Å²) < 4.78 is 0. The molecule has 0 aromatic heterocycles. The van der Waals surface area contributed by atoms with Gasteiger partial charge in [0.2, 0.25) is 5.91 Å². The SMILES string of the molecule is CC(Sc1cccc(NC(=O)/C(=C\c2cccc(Cl)c2Cl)NC(=O)c2ccccc2)c1)C(=O)Nc1ccc(Cl)c(Cl)c1. The molecule has 0 bridgehead atoms. The molecule has 1 atom stereocenters. The molecule has 0 spiro atoms. The number of nitrogens with one attached hydrogen (secondary N) is 3. The maximum atomic E-state index is 13.4. The lowest BCUT2D eigenvalue weighted by molar-refractivity contribution is -0.115. The number of carbonyl (C=O) groups is 3. The Morgan fingerprint density at radius 1 is 0.738 bits per heavy atom. The molecule has 0 fully saturated rings. The Kier molecular flexibility index (Phi) is 11.0. The topological polar surface area (TPSA) is 87.3 Å². The van der Waals surface area contributed by atoms with Gasteiger partial charge in [-0.25, -0.2) is 0 Å². The van der Waals surface area contributed by atoms with Gasteiger partial charge in [-0.05, 0) is 73.2 Å². The maximum absolute atomic E-state index is 13.4. The minimum Gasteiger partial charge on any atom is -0.325 e. The van der Waals surface area contributed by atoms with Crippen LogP contribution in [0.25, 0.3) is 6.08 Å². The van der Waals surface area contributed by atoms with E-state index in [0.717, 1.165) is 4.90 Å². The van der Waals surface area contributed by atoms with Crippen LogP contribution in [0.15, 0.2) is 102 Å². The van der Waals surface area contributed by atoms with Gasteiger partial charge in [0.1, 0.15) is 5.70 Å². The molecule has 3 N–H and O–H groups in total. The number of carbonyl (C=O) groups excluding carboxylic acids is 3. The van der Waals surface area contributed by atoms with Crippen molar-refractivity contribution < 1.29 is 14.4 Å². The predicted octanol–water partition coefficient (Wildman–Crippen LogP) is 8.83. The molecule has 0 aliphatic rings. The lowest BCUT2D eigenvalue weighted by Gasteiger charge is -2.14. The lowest BCUT2D eigenvalue weighted by Crippen LogP contribution is -2.30. The third-order valence-corrected chi connectivity index (χ3v) is 8.44. The van der Waals surface area contributed by atoms with E-state index in [1.54, 1.807) is 91.9 Å². The van der Waals surface area contributed by atoms with Crippen molar-refractivity contribution in [2.24, 2.45) is 0 Å². The summed E-state index contributed by atoms with van der Waals surface area (Å²) in [4.78, 5) is 39.8. The Hall–Kier alpha value is -3.46. The van der Waals surface area contributed by atoms with E-state index in [2.05, 4.69) is 16.0 Å². The third-order valence-electron chi connectivity index (χ3n) is 5.77. The van der Waals surface area contributed by atoms with E-state index in [1.165, 1.54) is 17.8 Å². The highest BCUT2D eigenvalue weighted by atomic mass is 35.5. The van der Waals surface area contributed by atoms with Gasteiger partial charge in [0.15, 0.2) is 0 Å². The predicted molar refractivity (Wildman–Crippen MR) is 174 cm³/mol. The van der Waals surface area contributed by atoms with Gasteiger partial charge in [-0.1, -0.05) is 82.8 Å². The van der Waals surface area contributed by atoms with E-state index >= 15 is 0 Å². The average molecular weight is 659 g/mol. The fourth-order valence-electron chi connectivity index (χ4n) is 3.65. The quantitative estimate of drug-likeness (QED) is 0.124. The number of hydrogen-bond acceptors (Lipinski definition) is 4. The van der Waals surface area contributed by atoms with Gasteiger partial charge in [0, 0.05) is 21.8 Å². The van der Waals surface area contributed by atoms with Gasteiger partial charge in [-0.3, -0.25) is 14.4 Å². The summed E-state index contributed by atoms with van der Waals surface area (Å²) in [6, 6.07) is 25.3. The molecule has 214 valence electrons. The van der Waals surface area contributed by atoms with Crippen LogP contribution in [0.4, 0.5) is 11.4 Å². The highest BCUT2D eigenvalue weighted by Crippen LogP contribution is 2.30. The molecule has 0 saturated heterocycles. The van der Waals surface area contributed by atoms with E-state index < -0.39 is 17.1 Å². The summed E-state index contributed by atoms with van der Waals surface area (Å²) in [5, 5.41) is 9.10. The zero-order chi connectivity index (χ0) is 30.2. The first-order valence-electron chi connectivity index (χ1n) is 12.5. The first-order chi connectivity index (χ1) is 20.1. The van der Waals surface area contributed by atoms with Crippen molar-refractivity contribution in [3.05, 3.63) is 128 Å². The minimum absolute atomic E-state index is 0.0413. The zero-order valence-corrected chi connectivity index (χ0v) is 25.8. The average Bonchev–Trinajstić information content (AvgIpc) is 2.97. The molecule has 0 radical (unpaired) electrons. The molecule has 4 aromatic carbocycles. The van der Waals surface area contributed by atoms with Crippen molar-refractivity contribution in [3.8, 4) is 0 Å². The number of hydrogen-bond donors (Lipinski definition) is 3. The van der Waals surface area contributed by atoms with Crippen molar-refractivity contribution in [3.63, 3.8) is 0 Å². The molecule has 42 heavy (non-hydrogen) atoms. The number of amides is 3. The molecule has 6 nitrogen and oxygen atoms in total. The van der Waals surface area contributed by atoms with E-state index in [-0.39, 0.29) is 16.6 Å². The molecule has 0 heterocycles. The van der Waals surface area contributed by atoms with Crippen LogP contribution in [-0.4, -0.2) is 23.0 Å².